The van der Waals surface area contributed by atoms with Crippen molar-refractivity contribution in [3.05, 3.63) is 36.2 Å². The molecule has 1 atom stereocenters. The number of likely N-dealkylation sites (N-methyl/N-ethyl adjacent to an activating group) is 1. The van der Waals surface area contributed by atoms with Gasteiger partial charge in [0.2, 0.25) is 0 Å². The normalized spacial score (nSPS) is 12.6. The Labute approximate surface area is 101 Å². The molecular weight excluding hydrogens is 212 g/mol. The van der Waals surface area contributed by atoms with Crippen molar-refractivity contribution in [2.24, 2.45) is 0 Å². The van der Waals surface area contributed by atoms with Crippen LogP contribution in [-0.4, -0.2) is 28.3 Å². The zero-order chi connectivity index (χ0) is 12.1. The lowest BCUT2D eigenvalue weighted by Gasteiger charge is -2.07. The Hall–Kier alpha value is -1.68. The fourth-order valence-electron chi connectivity index (χ4n) is 1.67. The predicted molar refractivity (Wildman–Crippen MR) is 68.8 cm³/mol. The molecule has 0 saturated heterocycles. The molecule has 0 bridgehead atoms. The van der Waals surface area contributed by atoms with Crippen LogP contribution in [0.25, 0.3) is 11.4 Å². The van der Waals surface area contributed by atoms with E-state index in [9.17, 15) is 0 Å². The van der Waals surface area contributed by atoms with Gasteiger partial charge in [-0.05, 0) is 6.54 Å². The smallest absolute Gasteiger partial charge is 0.181 e. The van der Waals surface area contributed by atoms with Crippen LogP contribution < -0.4 is 5.32 Å². The first-order chi connectivity index (χ1) is 8.31. The van der Waals surface area contributed by atoms with Gasteiger partial charge in [-0.1, -0.05) is 44.2 Å². The van der Waals surface area contributed by atoms with E-state index in [2.05, 4.69) is 34.3 Å². The number of rotatable bonds is 5. The molecule has 1 aromatic carbocycles. The first-order valence-corrected chi connectivity index (χ1v) is 5.99. The summed E-state index contributed by atoms with van der Waals surface area (Å²) in [7, 11) is 0. The molecule has 0 saturated carbocycles. The maximum atomic E-state index is 4.53. The minimum Gasteiger partial charge on any atom is -0.316 e. The van der Waals surface area contributed by atoms with Gasteiger partial charge < -0.3 is 5.32 Å². The topological polar surface area (TPSA) is 53.6 Å². The van der Waals surface area contributed by atoms with Crippen LogP contribution >= 0.6 is 0 Å². The Morgan fingerprint density at radius 3 is 2.76 bits per heavy atom. The van der Waals surface area contributed by atoms with Crippen molar-refractivity contribution in [1.82, 2.24) is 20.5 Å². The van der Waals surface area contributed by atoms with Crippen molar-refractivity contribution in [2.75, 3.05) is 13.1 Å². The van der Waals surface area contributed by atoms with Crippen LogP contribution in [0.15, 0.2) is 30.3 Å². The molecule has 4 nitrogen and oxygen atoms in total. The zero-order valence-electron chi connectivity index (χ0n) is 10.3. The summed E-state index contributed by atoms with van der Waals surface area (Å²) in [5, 5.41) is 10.6. The molecule has 1 aromatic heterocycles. The van der Waals surface area contributed by atoms with Gasteiger partial charge in [0.05, 0.1) is 0 Å². The molecule has 2 N–H and O–H groups in total. The van der Waals surface area contributed by atoms with Crippen LogP contribution in [0.3, 0.4) is 0 Å². The first kappa shape index (κ1) is 11.8. The van der Waals surface area contributed by atoms with Crippen LogP contribution in [0.4, 0.5) is 0 Å². The number of H-pyrrole nitrogens is 1. The van der Waals surface area contributed by atoms with Gasteiger partial charge in [-0.25, -0.2) is 4.98 Å². The second kappa shape index (κ2) is 5.59. The summed E-state index contributed by atoms with van der Waals surface area (Å²) in [6.07, 6.45) is 0. The van der Waals surface area contributed by atoms with E-state index in [0.717, 1.165) is 30.3 Å². The molecule has 0 aliphatic rings. The molecule has 2 aromatic rings. The molecule has 1 unspecified atom stereocenters. The highest BCUT2D eigenvalue weighted by atomic mass is 15.2. The van der Waals surface area contributed by atoms with Crippen LogP contribution in [0.5, 0.6) is 0 Å². The van der Waals surface area contributed by atoms with E-state index >= 15 is 0 Å². The summed E-state index contributed by atoms with van der Waals surface area (Å²) in [6.45, 7) is 6.13. The van der Waals surface area contributed by atoms with Gasteiger partial charge in [0.25, 0.3) is 0 Å². The number of benzene rings is 1. The SMILES string of the molecule is CCNCC(C)c1nc(-c2ccccc2)n[nH]1. The molecular formula is C13H18N4. The summed E-state index contributed by atoms with van der Waals surface area (Å²) >= 11 is 0. The van der Waals surface area contributed by atoms with E-state index in [1.165, 1.54) is 0 Å². The summed E-state index contributed by atoms with van der Waals surface area (Å²) in [5.74, 6) is 2.05. The van der Waals surface area contributed by atoms with Gasteiger partial charge in [-0.3, -0.25) is 5.10 Å². The van der Waals surface area contributed by atoms with Gasteiger partial charge in [0.1, 0.15) is 5.82 Å². The van der Waals surface area contributed by atoms with Gasteiger partial charge in [-0.2, -0.15) is 5.10 Å². The lowest BCUT2D eigenvalue weighted by atomic mass is 10.1. The van der Waals surface area contributed by atoms with E-state index in [1.807, 2.05) is 30.3 Å². The maximum absolute atomic E-state index is 4.53. The molecule has 17 heavy (non-hydrogen) atoms. The van der Waals surface area contributed by atoms with Gasteiger partial charge in [0, 0.05) is 18.0 Å². The monoisotopic (exact) mass is 230 g/mol. The first-order valence-electron chi connectivity index (χ1n) is 5.99. The fraction of sp³-hybridized carbons (Fsp3) is 0.385. The molecule has 0 aliphatic heterocycles. The highest BCUT2D eigenvalue weighted by Crippen LogP contribution is 2.16. The molecule has 2 rings (SSSR count). The minimum absolute atomic E-state index is 0.347. The molecule has 0 fully saturated rings. The molecule has 0 amide bonds. The number of hydrogen-bond acceptors (Lipinski definition) is 3. The predicted octanol–water partition coefficient (Wildman–Crippen LogP) is 2.18. The second-order valence-electron chi connectivity index (χ2n) is 4.12. The Kier molecular flexibility index (Phi) is 3.88. The number of aromatic nitrogens is 3. The van der Waals surface area contributed by atoms with Crippen molar-refractivity contribution < 1.29 is 0 Å². The van der Waals surface area contributed by atoms with Gasteiger partial charge >= 0.3 is 0 Å². The molecule has 0 spiro atoms. The largest absolute Gasteiger partial charge is 0.316 e. The third-order valence-electron chi connectivity index (χ3n) is 2.70. The Morgan fingerprint density at radius 2 is 2.06 bits per heavy atom. The summed E-state index contributed by atoms with van der Waals surface area (Å²) in [6, 6.07) is 10.0. The maximum Gasteiger partial charge on any atom is 0.181 e. The van der Waals surface area contributed by atoms with E-state index in [1.54, 1.807) is 0 Å². The Morgan fingerprint density at radius 1 is 1.29 bits per heavy atom. The molecule has 1 heterocycles. The quantitative estimate of drug-likeness (QED) is 0.827. The molecule has 0 radical (unpaired) electrons. The van der Waals surface area contributed by atoms with Crippen LogP contribution in [0.1, 0.15) is 25.6 Å². The Balaban J connectivity index is 2.11. The average molecular weight is 230 g/mol. The number of nitrogens with zero attached hydrogens (tertiary/aromatic N) is 2. The number of hydrogen-bond donors (Lipinski definition) is 2. The van der Waals surface area contributed by atoms with Crippen molar-refractivity contribution in [3.63, 3.8) is 0 Å². The van der Waals surface area contributed by atoms with E-state index < -0.39 is 0 Å². The van der Waals surface area contributed by atoms with Gasteiger partial charge in [-0.15, -0.1) is 0 Å². The highest BCUT2D eigenvalue weighted by molar-refractivity contribution is 5.53. The summed E-state index contributed by atoms with van der Waals surface area (Å²) < 4.78 is 0. The fourth-order valence-corrected chi connectivity index (χ4v) is 1.67. The van der Waals surface area contributed by atoms with Crippen LogP contribution in [0, 0.1) is 0 Å². The standard InChI is InChI=1S/C13H18N4/c1-3-14-9-10(2)12-15-13(17-16-12)11-7-5-4-6-8-11/h4-8,10,14H,3,9H2,1-2H3,(H,15,16,17). The third-order valence-corrected chi connectivity index (χ3v) is 2.70. The second-order valence-corrected chi connectivity index (χ2v) is 4.12. The van der Waals surface area contributed by atoms with E-state index in [4.69, 9.17) is 0 Å². The Bertz CT molecular complexity index is 449. The third kappa shape index (κ3) is 2.91. The number of nitrogens with one attached hydrogen (secondary N) is 2. The number of aromatic amines is 1. The summed E-state index contributed by atoms with van der Waals surface area (Å²) in [5.41, 5.74) is 1.05. The molecule has 4 heteroatoms. The highest BCUT2D eigenvalue weighted by Gasteiger charge is 2.11. The van der Waals surface area contributed by atoms with Crippen molar-refractivity contribution in [2.45, 2.75) is 19.8 Å². The van der Waals surface area contributed by atoms with E-state index in [-0.39, 0.29) is 0 Å². The van der Waals surface area contributed by atoms with E-state index in [0.29, 0.717) is 5.92 Å². The minimum atomic E-state index is 0.347. The summed E-state index contributed by atoms with van der Waals surface area (Å²) in [4.78, 5) is 4.53. The molecule has 90 valence electrons. The lowest BCUT2D eigenvalue weighted by Crippen LogP contribution is -2.20. The zero-order valence-corrected chi connectivity index (χ0v) is 10.3. The van der Waals surface area contributed by atoms with Gasteiger partial charge in [0.15, 0.2) is 5.82 Å². The lowest BCUT2D eigenvalue weighted by molar-refractivity contribution is 0.610. The van der Waals surface area contributed by atoms with Crippen LogP contribution in [-0.2, 0) is 0 Å². The molecule has 0 aliphatic carbocycles. The van der Waals surface area contributed by atoms with Crippen molar-refractivity contribution in [3.8, 4) is 11.4 Å². The van der Waals surface area contributed by atoms with Crippen molar-refractivity contribution >= 4 is 0 Å². The van der Waals surface area contributed by atoms with Crippen molar-refractivity contribution in [1.29, 1.82) is 0 Å². The average Bonchev–Trinajstić information content (AvgIpc) is 2.86. The van der Waals surface area contributed by atoms with Crippen LogP contribution in [0.2, 0.25) is 0 Å².